The Balaban J connectivity index is 1.25. The summed E-state index contributed by atoms with van der Waals surface area (Å²) in [5.74, 6) is 1.72. The van der Waals surface area contributed by atoms with Crippen LogP contribution >= 0.6 is 0 Å². The average molecular weight is 577 g/mol. The summed E-state index contributed by atoms with van der Waals surface area (Å²) in [6.07, 6.45) is 0. The molecule has 0 fully saturated rings. The number of hydrogen-bond acceptors (Lipinski definition) is 4. The Morgan fingerprint density at radius 3 is 1.69 bits per heavy atom. The van der Waals surface area contributed by atoms with E-state index >= 15 is 0 Å². The summed E-state index contributed by atoms with van der Waals surface area (Å²) < 4.78 is 6.39. The van der Waals surface area contributed by atoms with Gasteiger partial charge in [0.15, 0.2) is 23.2 Å². The SMILES string of the molecule is [C-]#[N+]c1ccccc1-c1ccc(-c2nc(-c3ccccc3)nc(-c3ccc4c(c3)oc3cccc(-c5ccccc5)c34)n2)cc1. The van der Waals surface area contributed by atoms with Crippen LogP contribution in [0.5, 0.6) is 0 Å². The van der Waals surface area contributed by atoms with Crippen molar-refractivity contribution in [2.24, 2.45) is 0 Å². The highest BCUT2D eigenvalue weighted by Gasteiger charge is 2.16. The van der Waals surface area contributed by atoms with Crippen molar-refractivity contribution in [1.29, 1.82) is 0 Å². The Labute approximate surface area is 260 Å². The molecule has 5 heteroatoms. The fraction of sp³-hybridized carbons (Fsp3) is 0. The molecule has 0 aliphatic carbocycles. The van der Waals surface area contributed by atoms with Gasteiger partial charge in [-0.05, 0) is 40.5 Å². The summed E-state index contributed by atoms with van der Waals surface area (Å²) in [4.78, 5) is 18.4. The van der Waals surface area contributed by atoms with Crippen molar-refractivity contribution in [3.63, 3.8) is 0 Å². The first-order valence-electron chi connectivity index (χ1n) is 14.6. The lowest BCUT2D eigenvalue weighted by molar-refractivity contribution is 0.669. The number of nitrogens with zero attached hydrogens (tertiary/aromatic N) is 4. The van der Waals surface area contributed by atoms with Crippen LogP contribution in [0.15, 0.2) is 150 Å². The topological polar surface area (TPSA) is 56.2 Å². The van der Waals surface area contributed by atoms with Crippen molar-refractivity contribution in [3.05, 3.63) is 157 Å². The van der Waals surface area contributed by atoms with Gasteiger partial charge in [-0.2, -0.15) is 0 Å². The van der Waals surface area contributed by atoms with Gasteiger partial charge in [-0.3, -0.25) is 0 Å². The normalized spacial score (nSPS) is 11.1. The van der Waals surface area contributed by atoms with Crippen LogP contribution in [0.3, 0.4) is 0 Å². The molecule has 0 amide bonds. The minimum atomic E-state index is 0.562. The second kappa shape index (κ2) is 11.0. The van der Waals surface area contributed by atoms with E-state index in [2.05, 4.69) is 47.3 Å². The third kappa shape index (κ3) is 4.81. The van der Waals surface area contributed by atoms with Crippen LogP contribution in [0.1, 0.15) is 0 Å². The number of aromatic nitrogens is 3. The number of benzene rings is 6. The van der Waals surface area contributed by atoms with E-state index in [1.165, 1.54) is 0 Å². The number of hydrogen-bond donors (Lipinski definition) is 0. The molecule has 0 aliphatic heterocycles. The molecule has 0 spiro atoms. The van der Waals surface area contributed by atoms with Crippen LogP contribution in [-0.2, 0) is 0 Å². The molecule has 0 atom stereocenters. The standard InChI is InChI=1S/C40H24N4O/c1-41-34-17-9-8-15-31(34)27-19-21-29(22-20-27)39-42-38(28-13-6-3-7-14-28)43-40(44-39)30-23-24-33-36(25-30)45-35-18-10-16-32(37(33)35)26-11-4-2-5-12-26/h2-25H. The van der Waals surface area contributed by atoms with Gasteiger partial charge in [0.25, 0.3) is 0 Å². The van der Waals surface area contributed by atoms with Gasteiger partial charge in [-0.1, -0.05) is 127 Å². The van der Waals surface area contributed by atoms with Gasteiger partial charge >= 0.3 is 0 Å². The summed E-state index contributed by atoms with van der Waals surface area (Å²) in [6, 6.07) is 48.3. The molecular formula is C40H24N4O. The monoisotopic (exact) mass is 576 g/mol. The lowest BCUT2D eigenvalue weighted by atomic mass is 9.99. The van der Waals surface area contributed by atoms with Crippen LogP contribution in [0.25, 0.3) is 83.2 Å². The van der Waals surface area contributed by atoms with Crippen LogP contribution < -0.4 is 0 Å². The number of rotatable bonds is 5. The lowest BCUT2D eigenvalue weighted by Crippen LogP contribution is -2.00. The highest BCUT2D eigenvalue weighted by Crippen LogP contribution is 2.38. The van der Waals surface area contributed by atoms with Crippen LogP contribution in [0.2, 0.25) is 0 Å². The summed E-state index contributed by atoms with van der Waals surface area (Å²) in [5.41, 5.74) is 8.98. The summed E-state index contributed by atoms with van der Waals surface area (Å²) in [6.45, 7) is 7.54. The fourth-order valence-corrected chi connectivity index (χ4v) is 5.79. The summed E-state index contributed by atoms with van der Waals surface area (Å²) in [5, 5.41) is 2.13. The first-order chi connectivity index (χ1) is 22.2. The first-order valence-corrected chi connectivity index (χ1v) is 14.6. The molecule has 0 aliphatic rings. The predicted molar refractivity (Wildman–Crippen MR) is 181 cm³/mol. The van der Waals surface area contributed by atoms with E-state index in [9.17, 15) is 0 Å². The van der Waals surface area contributed by atoms with Crippen LogP contribution in [0.4, 0.5) is 5.69 Å². The van der Waals surface area contributed by atoms with Crippen molar-refractivity contribution in [1.82, 2.24) is 15.0 Å². The van der Waals surface area contributed by atoms with Gasteiger partial charge in [0.05, 0.1) is 6.57 Å². The molecule has 45 heavy (non-hydrogen) atoms. The lowest BCUT2D eigenvalue weighted by Gasteiger charge is -2.09. The Morgan fingerprint density at radius 2 is 0.978 bits per heavy atom. The Morgan fingerprint density at radius 1 is 0.444 bits per heavy atom. The zero-order valence-corrected chi connectivity index (χ0v) is 24.1. The largest absolute Gasteiger partial charge is 0.456 e. The van der Waals surface area contributed by atoms with E-state index in [0.29, 0.717) is 23.2 Å². The number of fused-ring (bicyclic) bond motifs is 3. The molecule has 0 bridgehead atoms. The molecule has 0 N–H and O–H groups in total. The van der Waals surface area contributed by atoms with Crippen molar-refractivity contribution >= 4 is 27.6 Å². The fourth-order valence-electron chi connectivity index (χ4n) is 5.79. The Kier molecular flexibility index (Phi) is 6.44. The second-order valence-corrected chi connectivity index (χ2v) is 10.7. The van der Waals surface area contributed by atoms with Crippen molar-refractivity contribution in [3.8, 4) is 56.4 Å². The minimum absolute atomic E-state index is 0.562. The van der Waals surface area contributed by atoms with Gasteiger partial charge < -0.3 is 4.42 Å². The first kappa shape index (κ1) is 26.3. The second-order valence-electron chi connectivity index (χ2n) is 10.7. The third-order valence-corrected chi connectivity index (χ3v) is 7.99. The number of furan rings is 1. The average Bonchev–Trinajstić information content (AvgIpc) is 3.50. The van der Waals surface area contributed by atoms with Gasteiger partial charge in [-0.15, -0.1) is 0 Å². The molecule has 2 heterocycles. The molecular weight excluding hydrogens is 552 g/mol. The Hall–Kier alpha value is -6.38. The Bertz CT molecular complexity index is 2370. The smallest absolute Gasteiger partial charge is 0.194 e. The summed E-state index contributed by atoms with van der Waals surface area (Å²) in [7, 11) is 0. The highest BCUT2D eigenvalue weighted by molar-refractivity contribution is 6.13. The maximum atomic E-state index is 7.54. The third-order valence-electron chi connectivity index (χ3n) is 7.99. The van der Waals surface area contributed by atoms with Crippen molar-refractivity contribution in [2.45, 2.75) is 0 Å². The summed E-state index contributed by atoms with van der Waals surface area (Å²) >= 11 is 0. The molecule has 8 rings (SSSR count). The van der Waals surface area contributed by atoms with E-state index in [4.69, 9.17) is 25.9 Å². The van der Waals surface area contributed by atoms with Gasteiger partial charge in [-0.25, -0.2) is 19.8 Å². The molecule has 5 nitrogen and oxygen atoms in total. The minimum Gasteiger partial charge on any atom is -0.456 e. The molecule has 6 aromatic carbocycles. The molecule has 2 aromatic heterocycles. The van der Waals surface area contributed by atoms with Crippen LogP contribution in [-0.4, -0.2) is 15.0 Å². The highest BCUT2D eigenvalue weighted by atomic mass is 16.3. The van der Waals surface area contributed by atoms with E-state index in [0.717, 1.165) is 60.9 Å². The van der Waals surface area contributed by atoms with Gasteiger partial charge in [0.1, 0.15) is 11.2 Å². The van der Waals surface area contributed by atoms with Gasteiger partial charge in [0.2, 0.25) is 0 Å². The maximum Gasteiger partial charge on any atom is 0.194 e. The van der Waals surface area contributed by atoms with Crippen molar-refractivity contribution in [2.75, 3.05) is 0 Å². The number of para-hydroxylation sites is 1. The molecule has 8 aromatic rings. The van der Waals surface area contributed by atoms with Crippen LogP contribution in [0, 0.1) is 6.57 Å². The predicted octanol–water partition coefficient (Wildman–Crippen LogP) is 10.7. The molecule has 0 saturated carbocycles. The molecule has 0 unspecified atom stereocenters. The molecule has 0 saturated heterocycles. The van der Waals surface area contributed by atoms with E-state index in [1.54, 1.807) is 0 Å². The van der Waals surface area contributed by atoms with E-state index in [1.807, 2.05) is 103 Å². The maximum absolute atomic E-state index is 7.54. The van der Waals surface area contributed by atoms with Crippen molar-refractivity contribution < 1.29 is 4.42 Å². The molecule has 0 radical (unpaired) electrons. The zero-order valence-electron chi connectivity index (χ0n) is 24.1. The van der Waals surface area contributed by atoms with E-state index < -0.39 is 0 Å². The quantitative estimate of drug-likeness (QED) is 0.191. The zero-order chi connectivity index (χ0) is 30.2. The van der Waals surface area contributed by atoms with E-state index in [-0.39, 0.29) is 0 Å². The van der Waals surface area contributed by atoms with Gasteiger partial charge in [0, 0.05) is 27.5 Å². The molecule has 210 valence electrons.